The molecule has 2 nitrogen and oxygen atoms in total. The van der Waals surface area contributed by atoms with Gasteiger partial charge in [-0.25, -0.2) is 0 Å². The van der Waals surface area contributed by atoms with Gasteiger partial charge in [0.05, 0.1) is 0 Å². The Morgan fingerprint density at radius 2 is 2.09 bits per heavy atom. The predicted molar refractivity (Wildman–Crippen MR) is 91.1 cm³/mol. The molecule has 3 aliphatic carbocycles. The highest BCUT2D eigenvalue weighted by Gasteiger charge is 2.62. The summed E-state index contributed by atoms with van der Waals surface area (Å²) in [4.78, 5) is 0. The molecule has 4 rings (SSSR count). The minimum absolute atomic E-state index is 0.0860. The number of rotatable bonds is 1. The molecule has 5 atom stereocenters. The van der Waals surface area contributed by atoms with Gasteiger partial charge in [-0.05, 0) is 86.0 Å². The van der Waals surface area contributed by atoms with Crippen LogP contribution in [0.15, 0.2) is 18.2 Å². The van der Waals surface area contributed by atoms with Crippen LogP contribution in [-0.2, 0) is 6.42 Å². The molecule has 0 spiro atoms. The van der Waals surface area contributed by atoms with E-state index in [-0.39, 0.29) is 5.41 Å². The van der Waals surface area contributed by atoms with E-state index in [4.69, 9.17) is 6.42 Å². The minimum Gasteiger partial charge on any atom is -0.508 e. The van der Waals surface area contributed by atoms with Gasteiger partial charge in [0.15, 0.2) is 0 Å². The third-order valence-corrected chi connectivity index (χ3v) is 7.43. The van der Waals surface area contributed by atoms with Gasteiger partial charge in [0, 0.05) is 5.41 Å². The van der Waals surface area contributed by atoms with Crippen molar-refractivity contribution in [2.45, 2.75) is 63.4 Å². The van der Waals surface area contributed by atoms with Crippen LogP contribution in [0, 0.1) is 29.6 Å². The van der Waals surface area contributed by atoms with E-state index >= 15 is 0 Å². The Morgan fingerprint density at radius 3 is 2.83 bits per heavy atom. The largest absolute Gasteiger partial charge is 0.508 e. The third kappa shape index (κ3) is 1.86. The van der Waals surface area contributed by atoms with Crippen LogP contribution < -0.4 is 0 Å². The second-order valence-electron chi connectivity index (χ2n) is 7.89. The predicted octanol–water partition coefficient (Wildman–Crippen LogP) is 4.00. The van der Waals surface area contributed by atoms with Gasteiger partial charge in [-0.2, -0.15) is 0 Å². The lowest BCUT2D eigenvalue weighted by atomic mass is 9.52. The van der Waals surface area contributed by atoms with Gasteiger partial charge in [-0.1, -0.05) is 18.9 Å². The van der Waals surface area contributed by atoms with Gasteiger partial charge in [-0.3, -0.25) is 0 Å². The van der Waals surface area contributed by atoms with Crippen LogP contribution in [0.5, 0.6) is 5.75 Å². The highest BCUT2D eigenvalue weighted by atomic mass is 16.3. The summed E-state index contributed by atoms with van der Waals surface area (Å²) in [6.07, 6.45) is 12.9. The van der Waals surface area contributed by atoms with Gasteiger partial charge >= 0.3 is 0 Å². The number of fused-ring (bicyclic) bond motifs is 5. The number of aliphatic hydroxyl groups is 1. The van der Waals surface area contributed by atoms with E-state index in [1.807, 2.05) is 12.1 Å². The van der Waals surface area contributed by atoms with Crippen LogP contribution in [0.25, 0.3) is 0 Å². The van der Waals surface area contributed by atoms with Crippen molar-refractivity contribution < 1.29 is 10.2 Å². The van der Waals surface area contributed by atoms with Gasteiger partial charge in [0.25, 0.3) is 0 Å². The molecule has 2 saturated carbocycles. The zero-order valence-corrected chi connectivity index (χ0v) is 13.9. The number of aromatic hydroxyl groups is 1. The average Bonchev–Trinajstić information content (AvgIpc) is 2.88. The molecule has 0 amide bonds. The third-order valence-electron chi connectivity index (χ3n) is 7.43. The van der Waals surface area contributed by atoms with E-state index in [0.717, 1.165) is 44.9 Å². The molecule has 1 aromatic carbocycles. The van der Waals surface area contributed by atoms with Crippen LogP contribution >= 0.6 is 0 Å². The van der Waals surface area contributed by atoms with Crippen LogP contribution in [0.2, 0.25) is 0 Å². The number of hydrogen-bond acceptors (Lipinski definition) is 2. The minimum atomic E-state index is -0.910. The van der Waals surface area contributed by atoms with Gasteiger partial charge < -0.3 is 10.2 Å². The Balaban J connectivity index is 1.74. The fourth-order valence-corrected chi connectivity index (χ4v) is 6.35. The molecule has 2 heteroatoms. The van der Waals surface area contributed by atoms with Crippen molar-refractivity contribution in [3.8, 4) is 18.1 Å². The number of aryl methyl sites for hydroxylation is 1. The SMILES string of the molecule is C#C[C@]1(O)CC[C@@H]2[C@H]3CCc4cc(O)ccc4[C@@H]3CC[C@@]21CC. The second-order valence-corrected chi connectivity index (χ2v) is 7.89. The first-order valence-electron chi connectivity index (χ1n) is 9.06. The molecular weight excluding hydrogens is 284 g/mol. The van der Waals surface area contributed by atoms with Crippen LogP contribution in [0.1, 0.15) is 62.5 Å². The fourth-order valence-electron chi connectivity index (χ4n) is 6.35. The molecule has 2 N–H and O–H groups in total. The number of hydrogen-bond donors (Lipinski definition) is 2. The summed E-state index contributed by atoms with van der Waals surface area (Å²) in [6.45, 7) is 2.20. The number of terminal acetylenes is 1. The molecule has 0 radical (unpaired) electrons. The van der Waals surface area contributed by atoms with Crippen LogP contribution in [0.4, 0.5) is 0 Å². The molecule has 0 saturated heterocycles. The Hall–Kier alpha value is -1.46. The molecule has 122 valence electrons. The van der Waals surface area contributed by atoms with Gasteiger partial charge in [0.2, 0.25) is 0 Å². The van der Waals surface area contributed by atoms with Crippen LogP contribution in [0.3, 0.4) is 0 Å². The highest BCUT2D eigenvalue weighted by molar-refractivity contribution is 5.40. The monoisotopic (exact) mass is 310 g/mol. The molecule has 1 aromatic rings. The van der Waals surface area contributed by atoms with Crippen molar-refractivity contribution >= 4 is 0 Å². The summed E-state index contributed by atoms with van der Waals surface area (Å²) in [6, 6.07) is 5.90. The summed E-state index contributed by atoms with van der Waals surface area (Å²) < 4.78 is 0. The average molecular weight is 310 g/mol. The maximum absolute atomic E-state index is 11.1. The Labute approximate surface area is 138 Å². The Morgan fingerprint density at radius 1 is 1.26 bits per heavy atom. The van der Waals surface area contributed by atoms with Crippen molar-refractivity contribution in [2.24, 2.45) is 17.3 Å². The lowest BCUT2D eigenvalue weighted by Gasteiger charge is -2.53. The maximum atomic E-state index is 11.1. The summed E-state index contributed by atoms with van der Waals surface area (Å²) in [5.74, 6) is 4.89. The summed E-state index contributed by atoms with van der Waals surface area (Å²) in [7, 11) is 0. The standard InChI is InChI=1S/C21H26O2/c1-3-20-11-9-17-16-8-6-15(22)13-14(16)5-7-18(17)19(20)10-12-21(20,23)4-2/h2,6,8,13,17-19,22-23H,3,5,7,9-12H2,1H3/t17-,18-,19+,20-,21-/m0/s1. The summed E-state index contributed by atoms with van der Waals surface area (Å²) >= 11 is 0. The zero-order chi connectivity index (χ0) is 16.2. The molecule has 0 bridgehead atoms. The van der Waals surface area contributed by atoms with E-state index in [9.17, 15) is 10.2 Å². The van der Waals surface area contributed by atoms with E-state index < -0.39 is 5.60 Å². The normalized spacial score (nSPS) is 41.5. The first kappa shape index (κ1) is 15.1. The van der Waals surface area contributed by atoms with Crippen molar-refractivity contribution in [3.05, 3.63) is 29.3 Å². The highest BCUT2D eigenvalue weighted by Crippen LogP contribution is 2.65. The molecular formula is C21H26O2. The first-order valence-corrected chi connectivity index (χ1v) is 9.06. The maximum Gasteiger partial charge on any atom is 0.131 e. The second kappa shape index (κ2) is 5.02. The van der Waals surface area contributed by atoms with E-state index in [0.29, 0.717) is 23.5 Å². The zero-order valence-electron chi connectivity index (χ0n) is 13.9. The number of phenols is 1. The number of benzene rings is 1. The Bertz CT molecular complexity index is 673. The van der Waals surface area contributed by atoms with Crippen LogP contribution in [-0.4, -0.2) is 15.8 Å². The van der Waals surface area contributed by atoms with E-state index in [1.54, 1.807) is 0 Å². The first-order chi connectivity index (χ1) is 11.0. The molecule has 3 aliphatic rings. The topological polar surface area (TPSA) is 40.5 Å². The lowest BCUT2D eigenvalue weighted by Crippen LogP contribution is -2.51. The summed E-state index contributed by atoms with van der Waals surface area (Å²) in [5, 5.41) is 20.9. The smallest absolute Gasteiger partial charge is 0.131 e. The van der Waals surface area contributed by atoms with E-state index in [1.165, 1.54) is 11.1 Å². The molecule has 23 heavy (non-hydrogen) atoms. The van der Waals surface area contributed by atoms with Crippen molar-refractivity contribution in [1.82, 2.24) is 0 Å². The van der Waals surface area contributed by atoms with Crippen molar-refractivity contribution in [3.63, 3.8) is 0 Å². The summed E-state index contributed by atoms with van der Waals surface area (Å²) in [5.41, 5.74) is 1.75. The fraction of sp³-hybridized carbons (Fsp3) is 0.619. The van der Waals surface area contributed by atoms with Gasteiger partial charge in [-0.15, -0.1) is 6.42 Å². The van der Waals surface area contributed by atoms with Crippen molar-refractivity contribution in [2.75, 3.05) is 0 Å². The molecule has 0 heterocycles. The quantitative estimate of drug-likeness (QED) is 0.770. The number of phenolic OH excluding ortho intramolecular Hbond substituents is 1. The molecule has 0 aliphatic heterocycles. The Kier molecular flexibility index (Phi) is 3.29. The molecule has 0 aromatic heterocycles. The molecule has 2 fully saturated rings. The molecule has 0 unspecified atom stereocenters. The van der Waals surface area contributed by atoms with Crippen molar-refractivity contribution in [1.29, 1.82) is 0 Å². The van der Waals surface area contributed by atoms with E-state index in [2.05, 4.69) is 18.9 Å². The lowest BCUT2D eigenvalue weighted by molar-refractivity contribution is -0.0799. The van der Waals surface area contributed by atoms with Gasteiger partial charge in [0.1, 0.15) is 11.4 Å².